The normalized spacial score (nSPS) is 18.6. The number of nitrogens with one attached hydrogen (secondary N) is 1. The van der Waals surface area contributed by atoms with E-state index in [0.29, 0.717) is 10.6 Å². The number of sulfonamides is 1. The summed E-state index contributed by atoms with van der Waals surface area (Å²) in [5, 5.41) is 1.73. The Morgan fingerprint density at radius 2 is 2.26 bits per heavy atom. The maximum Gasteiger partial charge on any atom is 0.250 e. The summed E-state index contributed by atoms with van der Waals surface area (Å²) in [4.78, 5) is 13.5. The number of carbonyl (C=O) groups is 1. The van der Waals surface area contributed by atoms with Crippen LogP contribution in [0.15, 0.2) is 21.7 Å². The Balaban J connectivity index is 1.93. The average molecular weight is 302 g/mol. The van der Waals surface area contributed by atoms with Crippen molar-refractivity contribution in [2.75, 3.05) is 13.1 Å². The van der Waals surface area contributed by atoms with E-state index < -0.39 is 10.0 Å². The molecule has 1 aromatic rings. The molecule has 1 saturated heterocycles. The van der Waals surface area contributed by atoms with Crippen LogP contribution >= 0.6 is 11.3 Å². The van der Waals surface area contributed by atoms with Gasteiger partial charge in [-0.15, -0.1) is 11.3 Å². The van der Waals surface area contributed by atoms with E-state index in [0.717, 1.165) is 19.4 Å². The second kappa shape index (κ2) is 6.02. The molecular weight excluding hydrogens is 284 g/mol. The van der Waals surface area contributed by atoms with Gasteiger partial charge in [0.15, 0.2) is 0 Å². The van der Waals surface area contributed by atoms with Gasteiger partial charge in [-0.25, -0.2) is 13.1 Å². The third-order valence-electron chi connectivity index (χ3n) is 3.22. The number of amides is 1. The molecule has 0 radical (unpaired) electrons. The fourth-order valence-electron chi connectivity index (χ4n) is 2.12. The van der Waals surface area contributed by atoms with Gasteiger partial charge < -0.3 is 4.90 Å². The van der Waals surface area contributed by atoms with E-state index in [4.69, 9.17) is 0 Å². The van der Waals surface area contributed by atoms with Crippen molar-refractivity contribution < 1.29 is 13.2 Å². The highest BCUT2D eigenvalue weighted by atomic mass is 32.2. The Kier molecular flexibility index (Phi) is 4.59. The van der Waals surface area contributed by atoms with Crippen LogP contribution in [0.1, 0.15) is 26.2 Å². The fourth-order valence-corrected chi connectivity index (χ4v) is 4.28. The molecule has 0 saturated carbocycles. The van der Waals surface area contributed by atoms with Crippen molar-refractivity contribution in [3.8, 4) is 0 Å². The van der Waals surface area contributed by atoms with Crippen LogP contribution in [0.2, 0.25) is 0 Å². The average Bonchev–Trinajstić information content (AvgIpc) is 2.91. The second-order valence-corrected chi connectivity index (χ2v) is 7.62. The summed E-state index contributed by atoms with van der Waals surface area (Å²) in [5.41, 5.74) is 0. The molecule has 1 aromatic heterocycles. The second-order valence-electron chi connectivity index (χ2n) is 4.68. The molecule has 1 aliphatic rings. The molecule has 0 spiro atoms. The minimum absolute atomic E-state index is 0.109. The number of rotatable bonds is 5. The summed E-state index contributed by atoms with van der Waals surface area (Å²) >= 11 is 1.19. The lowest BCUT2D eigenvalue weighted by molar-refractivity contribution is -0.135. The number of hydrogen-bond donors (Lipinski definition) is 1. The summed E-state index contributed by atoms with van der Waals surface area (Å²) in [7, 11) is -3.44. The first-order valence-corrected chi connectivity index (χ1v) is 8.69. The van der Waals surface area contributed by atoms with Crippen LogP contribution in [0.5, 0.6) is 0 Å². The van der Waals surface area contributed by atoms with Crippen LogP contribution in [0, 0.1) is 0 Å². The van der Waals surface area contributed by atoms with Gasteiger partial charge in [0, 0.05) is 25.6 Å². The van der Waals surface area contributed by atoms with E-state index >= 15 is 0 Å². The van der Waals surface area contributed by atoms with Gasteiger partial charge in [-0.3, -0.25) is 4.79 Å². The number of likely N-dealkylation sites (tertiary alicyclic amines) is 1. The monoisotopic (exact) mass is 302 g/mol. The molecule has 0 aromatic carbocycles. The standard InChI is InChI=1S/C12H18N2O3S2/c1-10(14-7-3-2-5-11(14)15)9-13-19(16,17)12-6-4-8-18-12/h4,6,8,10,13H,2-3,5,7,9H2,1H3/t10-/m0/s1. The number of thiophene rings is 1. The predicted octanol–water partition coefficient (Wildman–Crippen LogP) is 1.43. The highest BCUT2D eigenvalue weighted by Crippen LogP contribution is 2.16. The molecule has 1 fully saturated rings. The summed E-state index contributed by atoms with van der Waals surface area (Å²) in [6, 6.07) is 3.17. The minimum atomic E-state index is -3.44. The molecule has 2 heterocycles. The molecule has 0 aliphatic carbocycles. The van der Waals surface area contributed by atoms with Crippen LogP contribution < -0.4 is 4.72 Å². The van der Waals surface area contributed by atoms with Gasteiger partial charge in [0.2, 0.25) is 15.9 Å². The van der Waals surface area contributed by atoms with Gasteiger partial charge in [-0.2, -0.15) is 0 Å². The van der Waals surface area contributed by atoms with E-state index in [9.17, 15) is 13.2 Å². The number of carbonyl (C=O) groups excluding carboxylic acids is 1. The summed E-state index contributed by atoms with van der Waals surface area (Å²) in [6.45, 7) is 2.85. The van der Waals surface area contributed by atoms with Crippen molar-refractivity contribution in [2.24, 2.45) is 0 Å². The van der Waals surface area contributed by atoms with E-state index in [1.807, 2.05) is 6.92 Å². The van der Waals surface area contributed by atoms with Crippen molar-refractivity contribution in [1.82, 2.24) is 9.62 Å². The highest BCUT2D eigenvalue weighted by Gasteiger charge is 2.24. The van der Waals surface area contributed by atoms with Gasteiger partial charge in [-0.05, 0) is 31.2 Å². The zero-order valence-corrected chi connectivity index (χ0v) is 12.5. The van der Waals surface area contributed by atoms with Crippen LogP contribution in [0.4, 0.5) is 0 Å². The van der Waals surface area contributed by atoms with E-state index in [1.54, 1.807) is 22.4 Å². The summed E-state index contributed by atoms with van der Waals surface area (Å²) in [5.74, 6) is 0.120. The third kappa shape index (κ3) is 3.55. The lowest BCUT2D eigenvalue weighted by Crippen LogP contribution is -2.47. The topological polar surface area (TPSA) is 66.5 Å². The fraction of sp³-hybridized carbons (Fsp3) is 0.583. The van der Waals surface area contributed by atoms with Crippen molar-refractivity contribution in [3.63, 3.8) is 0 Å². The zero-order valence-electron chi connectivity index (χ0n) is 10.8. The molecule has 1 aliphatic heterocycles. The van der Waals surface area contributed by atoms with Gasteiger partial charge >= 0.3 is 0 Å². The van der Waals surface area contributed by atoms with Crippen molar-refractivity contribution in [3.05, 3.63) is 17.5 Å². The van der Waals surface area contributed by atoms with Crippen LogP contribution in [-0.4, -0.2) is 38.4 Å². The number of nitrogens with zero attached hydrogens (tertiary/aromatic N) is 1. The third-order valence-corrected chi connectivity index (χ3v) is 6.04. The minimum Gasteiger partial charge on any atom is -0.339 e. The van der Waals surface area contributed by atoms with Crippen LogP contribution in [0.3, 0.4) is 0 Å². The molecule has 2 rings (SSSR count). The summed E-state index contributed by atoms with van der Waals surface area (Å²) < 4.78 is 26.8. The lowest BCUT2D eigenvalue weighted by Gasteiger charge is -2.32. The van der Waals surface area contributed by atoms with Gasteiger partial charge in [0.1, 0.15) is 4.21 Å². The molecule has 7 heteroatoms. The first kappa shape index (κ1) is 14.5. The van der Waals surface area contributed by atoms with Crippen molar-refractivity contribution in [2.45, 2.75) is 36.4 Å². The lowest BCUT2D eigenvalue weighted by atomic mass is 10.1. The van der Waals surface area contributed by atoms with Crippen molar-refractivity contribution >= 4 is 27.3 Å². The van der Waals surface area contributed by atoms with Gasteiger partial charge in [0.25, 0.3) is 0 Å². The smallest absolute Gasteiger partial charge is 0.250 e. The van der Waals surface area contributed by atoms with Gasteiger partial charge in [-0.1, -0.05) is 6.07 Å². The Hall–Kier alpha value is -0.920. The Bertz CT molecular complexity index is 525. The number of piperidine rings is 1. The molecular formula is C12H18N2O3S2. The zero-order chi connectivity index (χ0) is 13.9. The molecule has 106 valence electrons. The highest BCUT2D eigenvalue weighted by molar-refractivity contribution is 7.91. The predicted molar refractivity (Wildman–Crippen MR) is 74.5 cm³/mol. The van der Waals surface area contributed by atoms with Crippen LogP contribution in [0.25, 0.3) is 0 Å². The quantitative estimate of drug-likeness (QED) is 0.894. The Morgan fingerprint density at radius 3 is 2.89 bits per heavy atom. The first-order valence-electron chi connectivity index (χ1n) is 6.33. The van der Waals surface area contributed by atoms with E-state index in [-0.39, 0.29) is 18.5 Å². The van der Waals surface area contributed by atoms with Gasteiger partial charge in [0.05, 0.1) is 0 Å². The molecule has 1 atom stereocenters. The van der Waals surface area contributed by atoms with E-state index in [1.165, 1.54) is 11.3 Å². The molecule has 19 heavy (non-hydrogen) atoms. The molecule has 0 unspecified atom stereocenters. The maximum atomic E-state index is 12.0. The summed E-state index contributed by atoms with van der Waals surface area (Å²) in [6.07, 6.45) is 2.50. The maximum absolute atomic E-state index is 12.0. The first-order chi connectivity index (χ1) is 9.00. The van der Waals surface area contributed by atoms with Crippen molar-refractivity contribution in [1.29, 1.82) is 0 Å². The van der Waals surface area contributed by atoms with Crippen LogP contribution in [-0.2, 0) is 14.8 Å². The number of hydrogen-bond acceptors (Lipinski definition) is 4. The SMILES string of the molecule is C[C@@H](CNS(=O)(=O)c1cccs1)N1CCCCC1=O. The van der Waals surface area contributed by atoms with E-state index in [2.05, 4.69) is 4.72 Å². The molecule has 0 bridgehead atoms. The Morgan fingerprint density at radius 1 is 1.47 bits per heavy atom. The Labute approximate surface area is 117 Å². The molecule has 1 amide bonds. The largest absolute Gasteiger partial charge is 0.339 e. The molecule has 5 nitrogen and oxygen atoms in total. The molecule has 1 N–H and O–H groups in total.